The first-order valence-corrected chi connectivity index (χ1v) is 5.31. The Morgan fingerprint density at radius 1 is 1.50 bits per heavy atom. The summed E-state index contributed by atoms with van der Waals surface area (Å²) in [6.07, 6.45) is 0. The van der Waals surface area contributed by atoms with E-state index in [-0.39, 0.29) is 11.4 Å². The number of aromatic hydroxyl groups is 1. The van der Waals surface area contributed by atoms with E-state index in [1.807, 2.05) is 0 Å². The summed E-state index contributed by atoms with van der Waals surface area (Å²) in [5.41, 5.74) is 0.0197. The lowest BCUT2D eigenvalue weighted by atomic mass is 10.2. The van der Waals surface area contributed by atoms with Crippen molar-refractivity contribution in [2.75, 3.05) is 0 Å². The molecule has 1 aromatic heterocycles. The Bertz CT molecular complexity index is 523. The molecule has 0 aliphatic heterocycles. The Balaban J connectivity index is 2.80. The summed E-state index contributed by atoms with van der Waals surface area (Å²) in [7, 11) is 0. The van der Waals surface area contributed by atoms with Crippen molar-refractivity contribution in [2.24, 2.45) is 0 Å². The van der Waals surface area contributed by atoms with Crippen LogP contribution in [0.15, 0.2) is 22.0 Å². The molecule has 0 saturated heterocycles. The lowest BCUT2D eigenvalue weighted by Crippen LogP contribution is -1.86. The van der Waals surface area contributed by atoms with E-state index >= 15 is 0 Å². The van der Waals surface area contributed by atoms with E-state index in [0.717, 1.165) is 0 Å². The predicted octanol–water partition coefficient (Wildman–Crippen LogP) is 3.28. The van der Waals surface area contributed by atoms with Crippen LogP contribution in [0.1, 0.15) is 0 Å². The molecular weight excluding hydrogens is 270 g/mol. The SMILES string of the molecule is O=[N+]([O-])c1cc(Br)c2c(O)csc2c1. The van der Waals surface area contributed by atoms with Crippen LogP contribution in [0.25, 0.3) is 10.1 Å². The quantitative estimate of drug-likeness (QED) is 0.641. The Labute approximate surface area is 91.1 Å². The smallest absolute Gasteiger partial charge is 0.272 e. The van der Waals surface area contributed by atoms with Gasteiger partial charge in [0.15, 0.2) is 0 Å². The van der Waals surface area contributed by atoms with Gasteiger partial charge in [0.2, 0.25) is 0 Å². The molecule has 14 heavy (non-hydrogen) atoms. The van der Waals surface area contributed by atoms with Crippen molar-refractivity contribution in [3.05, 3.63) is 32.1 Å². The molecule has 1 aromatic carbocycles. The highest BCUT2D eigenvalue weighted by Crippen LogP contribution is 2.39. The molecule has 0 spiro atoms. The zero-order chi connectivity index (χ0) is 10.3. The van der Waals surface area contributed by atoms with E-state index < -0.39 is 4.92 Å². The van der Waals surface area contributed by atoms with Crippen molar-refractivity contribution < 1.29 is 10.0 Å². The molecule has 72 valence electrons. The second-order valence-electron chi connectivity index (χ2n) is 2.68. The van der Waals surface area contributed by atoms with Crippen molar-refractivity contribution in [1.29, 1.82) is 0 Å². The Kier molecular flexibility index (Phi) is 2.16. The Hall–Kier alpha value is -1.14. The van der Waals surface area contributed by atoms with Gasteiger partial charge in [0, 0.05) is 32.1 Å². The van der Waals surface area contributed by atoms with Crippen LogP contribution < -0.4 is 0 Å². The number of nitro groups is 1. The fraction of sp³-hybridized carbons (Fsp3) is 0. The largest absolute Gasteiger partial charge is 0.506 e. The van der Waals surface area contributed by atoms with Crippen molar-refractivity contribution in [1.82, 2.24) is 0 Å². The minimum absolute atomic E-state index is 0.0197. The fourth-order valence-corrected chi connectivity index (χ4v) is 2.85. The highest BCUT2D eigenvalue weighted by atomic mass is 79.9. The van der Waals surface area contributed by atoms with E-state index in [0.29, 0.717) is 14.6 Å². The molecule has 0 amide bonds. The van der Waals surface area contributed by atoms with Crippen LogP contribution in [0.5, 0.6) is 5.75 Å². The molecule has 0 atom stereocenters. The van der Waals surface area contributed by atoms with Gasteiger partial charge in [-0.15, -0.1) is 11.3 Å². The van der Waals surface area contributed by atoms with Crippen molar-refractivity contribution in [3.63, 3.8) is 0 Å². The van der Waals surface area contributed by atoms with Crippen LogP contribution in [0.4, 0.5) is 5.69 Å². The average Bonchev–Trinajstić information content (AvgIpc) is 2.48. The van der Waals surface area contributed by atoms with Crippen molar-refractivity contribution >= 4 is 43.0 Å². The summed E-state index contributed by atoms with van der Waals surface area (Å²) in [5, 5.41) is 22.1. The Morgan fingerprint density at radius 2 is 2.21 bits per heavy atom. The first-order valence-electron chi connectivity index (χ1n) is 3.63. The molecule has 4 nitrogen and oxygen atoms in total. The second kappa shape index (κ2) is 3.21. The third kappa shape index (κ3) is 1.36. The van der Waals surface area contributed by atoms with E-state index in [1.54, 1.807) is 5.38 Å². The minimum Gasteiger partial charge on any atom is -0.506 e. The molecule has 6 heteroatoms. The molecule has 0 bridgehead atoms. The molecule has 1 heterocycles. The summed E-state index contributed by atoms with van der Waals surface area (Å²) in [5.74, 6) is 0.145. The standard InChI is InChI=1S/C8H4BrNO3S/c9-5-1-4(10(12)13)2-7-8(5)6(11)3-14-7/h1-3,11H. The van der Waals surface area contributed by atoms with Crippen molar-refractivity contribution in [2.45, 2.75) is 0 Å². The molecule has 0 aliphatic carbocycles. The molecule has 1 N–H and O–H groups in total. The Morgan fingerprint density at radius 3 is 2.86 bits per heavy atom. The lowest BCUT2D eigenvalue weighted by Gasteiger charge is -1.96. The number of fused-ring (bicyclic) bond motifs is 1. The number of benzene rings is 1. The van der Waals surface area contributed by atoms with Crippen LogP contribution in [0, 0.1) is 10.1 Å². The summed E-state index contributed by atoms with van der Waals surface area (Å²) in [6, 6.07) is 2.83. The molecular formula is C8H4BrNO3S. The molecule has 0 aliphatic rings. The normalized spacial score (nSPS) is 10.6. The third-order valence-corrected chi connectivity index (χ3v) is 3.35. The van der Waals surface area contributed by atoms with Gasteiger partial charge in [-0.1, -0.05) is 0 Å². The van der Waals surface area contributed by atoms with Gasteiger partial charge in [-0.25, -0.2) is 0 Å². The van der Waals surface area contributed by atoms with Gasteiger partial charge in [-0.2, -0.15) is 0 Å². The molecule has 0 fully saturated rings. The number of nitrogens with zero attached hydrogens (tertiary/aromatic N) is 1. The van der Waals surface area contributed by atoms with Crippen molar-refractivity contribution in [3.8, 4) is 5.75 Å². The van der Waals surface area contributed by atoms with Gasteiger partial charge in [0.25, 0.3) is 5.69 Å². The lowest BCUT2D eigenvalue weighted by molar-refractivity contribution is -0.384. The van der Waals surface area contributed by atoms with E-state index in [1.165, 1.54) is 23.5 Å². The van der Waals surface area contributed by atoms with E-state index in [2.05, 4.69) is 15.9 Å². The second-order valence-corrected chi connectivity index (χ2v) is 4.44. The fourth-order valence-electron chi connectivity index (χ4n) is 1.19. The van der Waals surface area contributed by atoms with E-state index in [9.17, 15) is 15.2 Å². The van der Waals surface area contributed by atoms with Crippen LogP contribution in [-0.4, -0.2) is 10.0 Å². The number of hydrogen-bond donors (Lipinski definition) is 1. The first kappa shape index (κ1) is 9.42. The summed E-state index contributed by atoms with van der Waals surface area (Å²) >= 11 is 4.46. The predicted molar refractivity (Wildman–Crippen MR) is 57.8 cm³/mol. The molecule has 0 saturated carbocycles. The van der Waals surface area contributed by atoms with E-state index in [4.69, 9.17) is 0 Å². The van der Waals surface area contributed by atoms with Gasteiger partial charge in [0.05, 0.1) is 4.92 Å². The van der Waals surface area contributed by atoms with Gasteiger partial charge in [0.1, 0.15) is 5.75 Å². The summed E-state index contributed by atoms with van der Waals surface area (Å²) in [4.78, 5) is 10.1. The van der Waals surface area contributed by atoms with Gasteiger partial charge in [-0.05, 0) is 15.9 Å². The average molecular weight is 274 g/mol. The van der Waals surface area contributed by atoms with Crippen LogP contribution in [-0.2, 0) is 0 Å². The maximum absolute atomic E-state index is 10.5. The first-order chi connectivity index (χ1) is 6.59. The highest BCUT2D eigenvalue weighted by molar-refractivity contribution is 9.10. The summed E-state index contributed by atoms with van der Waals surface area (Å²) in [6.45, 7) is 0. The monoisotopic (exact) mass is 273 g/mol. The maximum atomic E-state index is 10.5. The van der Waals surface area contributed by atoms with Crippen LogP contribution in [0.2, 0.25) is 0 Å². The molecule has 0 radical (unpaired) electrons. The van der Waals surface area contributed by atoms with Gasteiger partial charge in [-0.3, -0.25) is 10.1 Å². The zero-order valence-corrected chi connectivity index (χ0v) is 9.13. The number of hydrogen-bond acceptors (Lipinski definition) is 4. The van der Waals surface area contributed by atoms with Gasteiger partial charge < -0.3 is 5.11 Å². The van der Waals surface area contributed by atoms with Crippen LogP contribution in [0.3, 0.4) is 0 Å². The third-order valence-electron chi connectivity index (χ3n) is 1.80. The molecule has 2 aromatic rings. The number of thiophene rings is 1. The number of halogens is 1. The van der Waals surface area contributed by atoms with Crippen LogP contribution >= 0.6 is 27.3 Å². The van der Waals surface area contributed by atoms with Gasteiger partial charge >= 0.3 is 0 Å². The topological polar surface area (TPSA) is 63.4 Å². The number of nitro benzene ring substituents is 1. The number of rotatable bonds is 1. The number of non-ortho nitro benzene ring substituents is 1. The maximum Gasteiger partial charge on any atom is 0.272 e. The summed E-state index contributed by atoms with van der Waals surface area (Å²) < 4.78 is 1.24. The highest BCUT2D eigenvalue weighted by Gasteiger charge is 2.13. The molecule has 2 rings (SSSR count). The zero-order valence-electron chi connectivity index (χ0n) is 6.73. The minimum atomic E-state index is -0.457. The molecule has 0 unspecified atom stereocenters.